The maximum absolute atomic E-state index is 10.4. The van der Waals surface area contributed by atoms with E-state index in [2.05, 4.69) is 26.1 Å². The molecule has 4 nitrogen and oxygen atoms in total. The van der Waals surface area contributed by atoms with Gasteiger partial charge in [-0.25, -0.2) is 0 Å². The van der Waals surface area contributed by atoms with Crippen molar-refractivity contribution >= 4 is 16.3 Å². The van der Waals surface area contributed by atoms with Gasteiger partial charge >= 0.3 is 5.00 Å². The van der Waals surface area contributed by atoms with Crippen LogP contribution in [0.5, 0.6) is 0 Å². The Kier molecular flexibility index (Phi) is 3.82. The molecule has 0 atom stereocenters. The molecule has 0 aromatic carbocycles. The van der Waals surface area contributed by atoms with Crippen LogP contribution in [0.25, 0.3) is 0 Å². The Morgan fingerprint density at radius 3 is 2.67 bits per heavy atom. The Hall–Kier alpha value is -0.940. The largest absolute Gasteiger partial charge is 0.324 e. The highest BCUT2D eigenvalue weighted by Gasteiger charge is 2.11. The van der Waals surface area contributed by atoms with E-state index in [-0.39, 0.29) is 15.5 Å². The van der Waals surface area contributed by atoms with E-state index in [9.17, 15) is 10.1 Å². The van der Waals surface area contributed by atoms with Gasteiger partial charge in [-0.2, -0.15) is 0 Å². The third-order valence-corrected chi connectivity index (χ3v) is 2.82. The lowest BCUT2D eigenvalue weighted by Crippen LogP contribution is -2.37. The molecular formula is C10H16N2O2S. The fourth-order valence-corrected chi connectivity index (χ4v) is 1.93. The highest BCUT2D eigenvalue weighted by atomic mass is 32.1. The van der Waals surface area contributed by atoms with Gasteiger partial charge < -0.3 is 5.32 Å². The molecule has 1 rings (SSSR count). The Bertz CT molecular complexity index is 341. The molecule has 1 N–H and O–H groups in total. The molecule has 0 radical (unpaired) electrons. The number of nitro groups is 1. The standard InChI is InChI=1S/C10H16N2O2S/c1-10(2,3)11-5-4-8-6-9(12(13)14)15-7-8/h6-7,11H,4-5H2,1-3H3. The summed E-state index contributed by atoms with van der Waals surface area (Å²) >= 11 is 1.19. The van der Waals surface area contributed by atoms with Crippen LogP contribution in [-0.2, 0) is 6.42 Å². The average Bonchev–Trinajstić information content (AvgIpc) is 2.50. The van der Waals surface area contributed by atoms with E-state index in [1.165, 1.54) is 11.3 Å². The zero-order valence-corrected chi connectivity index (χ0v) is 10.1. The van der Waals surface area contributed by atoms with Crippen LogP contribution in [-0.4, -0.2) is 17.0 Å². The smallest absolute Gasteiger partial charge is 0.312 e. The zero-order valence-electron chi connectivity index (χ0n) is 9.24. The number of nitrogens with zero attached hydrogens (tertiary/aromatic N) is 1. The molecule has 0 unspecified atom stereocenters. The predicted octanol–water partition coefficient (Wildman–Crippen LogP) is 2.59. The van der Waals surface area contributed by atoms with E-state index in [1.807, 2.05) is 5.38 Å². The lowest BCUT2D eigenvalue weighted by Gasteiger charge is -2.20. The van der Waals surface area contributed by atoms with Crippen molar-refractivity contribution in [2.24, 2.45) is 0 Å². The van der Waals surface area contributed by atoms with E-state index in [4.69, 9.17) is 0 Å². The summed E-state index contributed by atoms with van der Waals surface area (Å²) in [7, 11) is 0. The highest BCUT2D eigenvalue weighted by molar-refractivity contribution is 7.13. The third-order valence-electron chi connectivity index (χ3n) is 1.89. The zero-order chi connectivity index (χ0) is 11.5. The number of hydrogen-bond acceptors (Lipinski definition) is 4. The minimum Gasteiger partial charge on any atom is -0.312 e. The van der Waals surface area contributed by atoms with Crippen molar-refractivity contribution in [2.75, 3.05) is 6.54 Å². The van der Waals surface area contributed by atoms with Crippen molar-refractivity contribution in [3.05, 3.63) is 27.1 Å². The van der Waals surface area contributed by atoms with Gasteiger partial charge in [-0.15, -0.1) is 0 Å². The number of rotatable bonds is 4. The lowest BCUT2D eigenvalue weighted by atomic mass is 10.1. The average molecular weight is 228 g/mol. The van der Waals surface area contributed by atoms with Crippen LogP contribution in [0.15, 0.2) is 11.4 Å². The molecule has 0 saturated carbocycles. The van der Waals surface area contributed by atoms with Crippen molar-refractivity contribution in [3.8, 4) is 0 Å². The van der Waals surface area contributed by atoms with Gasteiger partial charge in [0, 0.05) is 17.0 Å². The first-order valence-electron chi connectivity index (χ1n) is 4.85. The van der Waals surface area contributed by atoms with Gasteiger partial charge in [-0.3, -0.25) is 10.1 Å². The number of hydrogen-bond donors (Lipinski definition) is 1. The summed E-state index contributed by atoms with van der Waals surface area (Å²) < 4.78 is 0. The van der Waals surface area contributed by atoms with Crippen molar-refractivity contribution in [1.82, 2.24) is 5.32 Å². The van der Waals surface area contributed by atoms with E-state index in [0.29, 0.717) is 0 Å². The van der Waals surface area contributed by atoms with Gasteiger partial charge in [0.15, 0.2) is 0 Å². The summed E-state index contributed by atoms with van der Waals surface area (Å²) in [5.74, 6) is 0. The molecule has 0 aliphatic heterocycles. The Labute approximate surface area is 93.5 Å². The normalized spacial score (nSPS) is 11.7. The van der Waals surface area contributed by atoms with Gasteiger partial charge in [0.25, 0.3) is 0 Å². The Balaban J connectivity index is 2.41. The van der Waals surface area contributed by atoms with Crippen molar-refractivity contribution < 1.29 is 4.92 Å². The summed E-state index contributed by atoms with van der Waals surface area (Å²) in [6.45, 7) is 7.15. The van der Waals surface area contributed by atoms with Crippen LogP contribution >= 0.6 is 11.3 Å². The molecule has 0 aliphatic rings. The lowest BCUT2D eigenvalue weighted by molar-refractivity contribution is -0.380. The van der Waals surface area contributed by atoms with E-state index >= 15 is 0 Å². The molecule has 5 heteroatoms. The van der Waals surface area contributed by atoms with Crippen molar-refractivity contribution in [2.45, 2.75) is 32.7 Å². The van der Waals surface area contributed by atoms with E-state index in [1.54, 1.807) is 6.07 Å². The quantitative estimate of drug-likeness (QED) is 0.636. The summed E-state index contributed by atoms with van der Waals surface area (Å²) in [6, 6.07) is 1.65. The monoisotopic (exact) mass is 228 g/mol. The molecule has 0 aliphatic carbocycles. The first-order valence-corrected chi connectivity index (χ1v) is 5.73. The van der Waals surface area contributed by atoms with E-state index in [0.717, 1.165) is 18.5 Å². The molecule has 15 heavy (non-hydrogen) atoms. The molecule has 0 saturated heterocycles. The van der Waals surface area contributed by atoms with E-state index < -0.39 is 0 Å². The van der Waals surface area contributed by atoms with Crippen LogP contribution in [0.4, 0.5) is 5.00 Å². The molecule has 1 aromatic heterocycles. The van der Waals surface area contributed by atoms with Crippen LogP contribution < -0.4 is 5.32 Å². The maximum atomic E-state index is 10.4. The summed E-state index contributed by atoms with van der Waals surface area (Å²) in [6.07, 6.45) is 0.835. The molecule has 1 heterocycles. The minimum atomic E-state index is -0.342. The predicted molar refractivity (Wildman–Crippen MR) is 62.4 cm³/mol. The van der Waals surface area contributed by atoms with Crippen molar-refractivity contribution in [3.63, 3.8) is 0 Å². The second kappa shape index (κ2) is 4.72. The Morgan fingerprint density at radius 1 is 1.53 bits per heavy atom. The fourth-order valence-electron chi connectivity index (χ4n) is 1.17. The van der Waals surface area contributed by atoms with Crippen LogP contribution in [0.3, 0.4) is 0 Å². The van der Waals surface area contributed by atoms with Crippen LogP contribution in [0, 0.1) is 10.1 Å². The SMILES string of the molecule is CC(C)(C)NCCc1csc([N+](=O)[O-])c1. The van der Waals surface area contributed by atoms with Gasteiger partial charge in [0.1, 0.15) is 0 Å². The van der Waals surface area contributed by atoms with Gasteiger partial charge in [0.05, 0.1) is 4.92 Å². The fraction of sp³-hybridized carbons (Fsp3) is 0.600. The summed E-state index contributed by atoms with van der Waals surface area (Å²) in [5, 5.41) is 15.9. The molecule has 0 spiro atoms. The second-order valence-electron chi connectivity index (χ2n) is 4.48. The molecule has 84 valence electrons. The van der Waals surface area contributed by atoms with Crippen LogP contribution in [0.2, 0.25) is 0 Å². The van der Waals surface area contributed by atoms with Crippen molar-refractivity contribution in [1.29, 1.82) is 0 Å². The Morgan fingerprint density at radius 2 is 2.20 bits per heavy atom. The number of nitrogens with one attached hydrogen (secondary N) is 1. The summed E-state index contributed by atoms with van der Waals surface area (Å²) in [5.41, 5.74) is 1.13. The third kappa shape index (κ3) is 4.40. The first kappa shape index (κ1) is 12.1. The first-order chi connectivity index (χ1) is 6.88. The van der Waals surface area contributed by atoms with Gasteiger partial charge in [-0.1, -0.05) is 11.3 Å². The molecular weight excluding hydrogens is 212 g/mol. The summed E-state index contributed by atoms with van der Waals surface area (Å²) in [4.78, 5) is 10.1. The number of thiophene rings is 1. The van der Waals surface area contributed by atoms with Gasteiger partial charge in [0.2, 0.25) is 0 Å². The molecule has 0 fully saturated rings. The topological polar surface area (TPSA) is 55.2 Å². The minimum absolute atomic E-state index is 0.0992. The van der Waals surface area contributed by atoms with Gasteiger partial charge in [-0.05, 0) is 39.3 Å². The second-order valence-corrected chi connectivity index (χ2v) is 5.37. The highest BCUT2D eigenvalue weighted by Crippen LogP contribution is 2.22. The molecule has 0 bridgehead atoms. The molecule has 0 amide bonds. The maximum Gasteiger partial charge on any atom is 0.324 e. The van der Waals surface area contributed by atoms with Crippen LogP contribution in [0.1, 0.15) is 26.3 Å². The molecule has 1 aromatic rings.